The van der Waals surface area contributed by atoms with Crippen LogP contribution in [0.15, 0.2) is 18.2 Å². The van der Waals surface area contributed by atoms with Gasteiger partial charge in [0.25, 0.3) is 5.60 Å². The minimum absolute atomic E-state index is 0.292. The molecule has 1 nitrogen and oxygen atoms in total. The van der Waals surface area contributed by atoms with Gasteiger partial charge in [0.05, 0.1) is 0 Å². The van der Waals surface area contributed by atoms with E-state index < -0.39 is 23.5 Å². The van der Waals surface area contributed by atoms with Crippen molar-refractivity contribution in [2.45, 2.75) is 24.9 Å². The molecule has 1 aromatic carbocycles. The Balaban J connectivity index is 3.51. The molecule has 0 unspecified atom stereocenters. The van der Waals surface area contributed by atoms with E-state index in [0.29, 0.717) is 17.7 Å². The first-order valence-corrected chi connectivity index (χ1v) is 4.91. The van der Waals surface area contributed by atoms with Gasteiger partial charge in [-0.25, -0.2) is 0 Å². The van der Waals surface area contributed by atoms with E-state index in [1.165, 1.54) is 6.92 Å². The molecule has 1 aromatic rings. The molecule has 1 N–H and O–H groups in total. The van der Waals surface area contributed by atoms with E-state index in [1.807, 2.05) is 0 Å². The molecule has 0 fully saturated rings. The third-order valence-corrected chi connectivity index (χ3v) is 2.82. The molecule has 102 valence electrons. The maximum atomic E-state index is 12.5. The Hall–Kier alpha value is -0.950. The Morgan fingerprint density at radius 2 is 1.44 bits per heavy atom. The highest BCUT2D eigenvalue weighted by molar-refractivity contribution is 6.31. The quantitative estimate of drug-likeness (QED) is 0.777. The van der Waals surface area contributed by atoms with Crippen LogP contribution in [0.2, 0.25) is 5.02 Å². The fourth-order valence-corrected chi connectivity index (χ4v) is 1.49. The number of hydrogen-bond acceptors (Lipinski definition) is 1. The zero-order valence-electron chi connectivity index (χ0n) is 8.83. The van der Waals surface area contributed by atoms with Crippen molar-refractivity contribution in [3.05, 3.63) is 34.3 Å². The van der Waals surface area contributed by atoms with E-state index in [2.05, 4.69) is 0 Å². The van der Waals surface area contributed by atoms with E-state index in [4.69, 9.17) is 16.7 Å². The average Bonchev–Trinajstić information content (AvgIpc) is 2.17. The molecule has 0 aliphatic heterocycles. The molecule has 0 aliphatic rings. The highest BCUT2D eigenvalue weighted by Crippen LogP contribution is 2.50. The Morgan fingerprint density at radius 3 is 1.78 bits per heavy atom. The highest BCUT2D eigenvalue weighted by atomic mass is 35.5. The summed E-state index contributed by atoms with van der Waals surface area (Å²) in [7, 11) is 0. The second-order valence-electron chi connectivity index (χ2n) is 3.67. The molecule has 8 heteroatoms. The summed E-state index contributed by atoms with van der Waals surface area (Å²) in [4.78, 5) is 0. The predicted molar refractivity (Wildman–Crippen MR) is 52.2 cm³/mol. The largest absolute Gasteiger partial charge is 0.430 e. The van der Waals surface area contributed by atoms with Gasteiger partial charge in [0.15, 0.2) is 0 Å². The third kappa shape index (κ3) is 2.29. The number of halogens is 7. The molecule has 18 heavy (non-hydrogen) atoms. The topological polar surface area (TPSA) is 20.2 Å². The number of rotatable bonds is 1. The molecule has 0 amide bonds. The normalized spacial score (nSPS) is 13.8. The first kappa shape index (κ1) is 15.1. The van der Waals surface area contributed by atoms with Gasteiger partial charge in [-0.15, -0.1) is 0 Å². The Labute approximate surface area is 103 Å². The van der Waals surface area contributed by atoms with Gasteiger partial charge in [0, 0.05) is 10.6 Å². The van der Waals surface area contributed by atoms with Gasteiger partial charge in [-0.1, -0.05) is 23.7 Å². The minimum atomic E-state index is -5.90. The van der Waals surface area contributed by atoms with Crippen LogP contribution >= 0.6 is 11.6 Å². The molecule has 0 aliphatic carbocycles. The monoisotopic (exact) mass is 292 g/mol. The van der Waals surface area contributed by atoms with Gasteiger partial charge in [-0.05, 0) is 18.6 Å². The van der Waals surface area contributed by atoms with Crippen LogP contribution in [-0.2, 0) is 5.60 Å². The molecular formula is C10H7ClF6O. The van der Waals surface area contributed by atoms with Crippen molar-refractivity contribution in [2.24, 2.45) is 0 Å². The van der Waals surface area contributed by atoms with E-state index in [-0.39, 0.29) is 5.02 Å². The molecule has 0 atom stereocenters. The van der Waals surface area contributed by atoms with Gasteiger partial charge in [-0.2, -0.15) is 26.3 Å². The molecule has 0 spiro atoms. The number of aryl methyl sites for hydroxylation is 1. The molecule has 0 saturated heterocycles. The fraction of sp³-hybridized carbons (Fsp3) is 0.400. The number of alkyl halides is 6. The molecular weight excluding hydrogens is 286 g/mol. The third-order valence-electron chi connectivity index (χ3n) is 2.41. The van der Waals surface area contributed by atoms with E-state index in [1.54, 1.807) is 0 Å². The smallest absolute Gasteiger partial charge is 0.369 e. The summed E-state index contributed by atoms with van der Waals surface area (Å²) < 4.78 is 75.0. The molecule has 0 heterocycles. The first-order valence-electron chi connectivity index (χ1n) is 4.53. The SMILES string of the molecule is Cc1ccc(C(O)(C(F)(F)F)C(F)(F)F)cc1Cl. The number of aliphatic hydroxyl groups is 1. The molecule has 1 rings (SSSR count). The van der Waals surface area contributed by atoms with Gasteiger partial charge in [-0.3, -0.25) is 0 Å². The van der Waals surface area contributed by atoms with Crippen molar-refractivity contribution in [1.29, 1.82) is 0 Å². The van der Waals surface area contributed by atoms with Crippen molar-refractivity contribution in [3.63, 3.8) is 0 Å². The van der Waals surface area contributed by atoms with Crippen molar-refractivity contribution in [1.82, 2.24) is 0 Å². The summed E-state index contributed by atoms with van der Waals surface area (Å²) in [5.74, 6) is 0. The van der Waals surface area contributed by atoms with E-state index >= 15 is 0 Å². The van der Waals surface area contributed by atoms with Crippen LogP contribution in [0.25, 0.3) is 0 Å². The Kier molecular flexibility index (Phi) is 3.62. The highest BCUT2D eigenvalue weighted by Gasteiger charge is 2.71. The fourth-order valence-electron chi connectivity index (χ4n) is 1.31. The molecule has 0 saturated carbocycles. The molecule has 0 aromatic heterocycles. The van der Waals surface area contributed by atoms with Gasteiger partial charge < -0.3 is 5.11 Å². The lowest BCUT2D eigenvalue weighted by Crippen LogP contribution is -2.53. The standard InChI is InChI=1S/C10H7ClF6O/c1-5-2-3-6(4-7(5)11)8(18,9(12,13)14)10(15,16)17/h2-4,18H,1H3. The van der Waals surface area contributed by atoms with Crippen molar-refractivity contribution in [2.75, 3.05) is 0 Å². The lowest BCUT2D eigenvalue weighted by molar-refractivity contribution is -0.376. The summed E-state index contributed by atoms with van der Waals surface area (Å²) in [6.07, 6.45) is -11.8. The van der Waals surface area contributed by atoms with Gasteiger partial charge in [0.2, 0.25) is 0 Å². The Morgan fingerprint density at radius 1 is 1.00 bits per heavy atom. The summed E-state index contributed by atoms with van der Waals surface area (Å²) in [5, 5.41) is 8.77. The average molecular weight is 293 g/mol. The summed E-state index contributed by atoms with van der Waals surface area (Å²) >= 11 is 5.47. The van der Waals surface area contributed by atoms with Crippen molar-refractivity contribution in [3.8, 4) is 0 Å². The van der Waals surface area contributed by atoms with Crippen LogP contribution in [0, 0.1) is 6.92 Å². The van der Waals surface area contributed by atoms with Crippen LogP contribution in [0.4, 0.5) is 26.3 Å². The molecule has 0 bridgehead atoms. The second-order valence-corrected chi connectivity index (χ2v) is 4.08. The second kappa shape index (κ2) is 4.31. The number of hydrogen-bond donors (Lipinski definition) is 1. The predicted octanol–water partition coefficient (Wildman–Crippen LogP) is 3.96. The van der Waals surface area contributed by atoms with E-state index in [0.717, 1.165) is 6.07 Å². The lowest BCUT2D eigenvalue weighted by atomic mass is 9.91. The zero-order valence-corrected chi connectivity index (χ0v) is 9.58. The maximum Gasteiger partial charge on any atom is 0.430 e. The minimum Gasteiger partial charge on any atom is -0.369 e. The van der Waals surface area contributed by atoms with Gasteiger partial charge >= 0.3 is 12.4 Å². The first-order chi connectivity index (χ1) is 7.91. The molecule has 0 radical (unpaired) electrons. The summed E-state index contributed by atoms with van der Waals surface area (Å²) in [6, 6.07) is 1.97. The van der Waals surface area contributed by atoms with Crippen LogP contribution in [0.5, 0.6) is 0 Å². The van der Waals surface area contributed by atoms with Crippen LogP contribution < -0.4 is 0 Å². The summed E-state index contributed by atoms with van der Waals surface area (Å²) in [5.41, 5.74) is -6.00. The van der Waals surface area contributed by atoms with E-state index in [9.17, 15) is 26.3 Å². The van der Waals surface area contributed by atoms with Gasteiger partial charge in [0.1, 0.15) is 0 Å². The Bertz CT molecular complexity index is 437. The van der Waals surface area contributed by atoms with Crippen molar-refractivity contribution < 1.29 is 31.4 Å². The zero-order chi connectivity index (χ0) is 14.4. The van der Waals surface area contributed by atoms with Crippen LogP contribution in [0.3, 0.4) is 0 Å². The number of benzene rings is 1. The lowest BCUT2D eigenvalue weighted by Gasteiger charge is -2.32. The van der Waals surface area contributed by atoms with Crippen LogP contribution in [0.1, 0.15) is 11.1 Å². The van der Waals surface area contributed by atoms with Crippen molar-refractivity contribution >= 4 is 11.6 Å². The van der Waals surface area contributed by atoms with Crippen LogP contribution in [-0.4, -0.2) is 17.5 Å². The maximum absolute atomic E-state index is 12.5. The summed E-state index contributed by atoms with van der Waals surface area (Å²) in [6.45, 7) is 1.41.